The first-order valence-corrected chi connectivity index (χ1v) is 8.23. The number of fused-ring (bicyclic) bond motifs is 1. The van der Waals surface area contributed by atoms with E-state index in [2.05, 4.69) is 50.5 Å². The maximum atomic E-state index is 6.28. The maximum Gasteiger partial charge on any atom is 0.111 e. The van der Waals surface area contributed by atoms with Crippen molar-refractivity contribution >= 4 is 22.8 Å². The summed E-state index contributed by atoms with van der Waals surface area (Å²) in [7, 11) is 0. The van der Waals surface area contributed by atoms with Crippen molar-refractivity contribution in [3.05, 3.63) is 30.1 Å². The Kier molecular flexibility index (Phi) is 4.76. The van der Waals surface area contributed by atoms with E-state index in [1.165, 1.54) is 5.52 Å². The fourth-order valence-electron chi connectivity index (χ4n) is 2.28. The lowest BCUT2D eigenvalue weighted by Gasteiger charge is -2.20. The zero-order valence-electron chi connectivity index (χ0n) is 12.9. The number of benzene rings is 1. The van der Waals surface area contributed by atoms with Gasteiger partial charge in [0.05, 0.1) is 11.0 Å². The van der Waals surface area contributed by atoms with E-state index >= 15 is 0 Å². The van der Waals surface area contributed by atoms with Gasteiger partial charge in [0.1, 0.15) is 5.82 Å². The molecular formula is C16H25N3S. The molecule has 1 atom stereocenters. The van der Waals surface area contributed by atoms with Gasteiger partial charge in [0.25, 0.3) is 0 Å². The predicted octanol–water partition coefficient (Wildman–Crippen LogP) is 3.46. The molecule has 0 saturated carbocycles. The van der Waals surface area contributed by atoms with E-state index in [4.69, 9.17) is 10.7 Å². The summed E-state index contributed by atoms with van der Waals surface area (Å²) in [6.45, 7) is 9.78. The molecule has 1 aromatic heterocycles. The molecule has 0 fully saturated rings. The molecule has 0 aliphatic heterocycles. The molecule has 0 aliphatic rings. The fourth-order valence-corrected chi connectivity index (χ4v) is 3.12. The molecule has 0 bridgehead atoms. The minimum Gasteiger partial charge on any atom is -0.328 e. The summed E-state index contributed by atoms with van der Waals surface area (Å²) < 4.78 is 2.54. The number of para-hydroxylation sites is 2. The third kappa shape index (κ3) is 3.76. The first-order chi connectivity index (χ1) is 9.40. The number of nitrogens with zero attached hydrogens (tertiary/aromatic N) is 2. The fraction of sp³-hybridized carbons (Fsp3) is 0.562. The van der Waals surface area contributed by atoms with Crippen LogP contribution in [-0.4, -0.2) is 26.1 Å². The third-order valence-electron chi connectivity index (χ3n) is 3.23. The Balaban J connectivity index is 2.13. The van der Waals surface area contributed by atoms with Crippen molar-refractivity contribution < 1.29 is 0 Å². The Morgan fingerprint density at radius 1 is 1.30 bits per heavy atom. The van der Waals surface area contributed by atoms with Crippen LogP contribution in [0.3, 0.4) is 0 Å². The summed E-state index contributed by atoms with van der Waals surface area (Å²) in [6, 6.07) is 8.45. The highest BCUT2D eigenvalue weighted by molar-refractivity contribution is 8.00. The molecule has 0 aliphatic carbocycles. The second-order valence-corrected chi connectivity index (χ2v) is 8.00. The lowest BCUT2D eigenvalue weighted by molar-refractivity contribution is 0.649. The number of nitrogens with two attached hydrogens (primary N) is 1. The predicted molar refractivity (Wildman–Crippen MR) is 89.3 cm³/mol. The third-order valence-corrected chi connectivity index (χ3v) is 4.69. The summed E-state index contributed by atoms with van der Waals surface area (Å²) in [5, 5.41) is 0. The van der Waals surface area contributed by atoms with Gasteiger partial charge in [0, 0.05) is 29.5 Å². The van der Waals surface area contributed by atoms with Gasteiger partial charge in [-0.15, -0.1) is 0 Å². The van der Waals surface area contributed by atoms with Crippen LogP contribution in [0.15, 0.2) is 24.3 Å². The zero-order chi connectivity index (χ0) is 14.8. The number of aryl methyl sites for hydroxylation is 1. The molecule has 2 N–H and O–H groups in total. The highest BCUT2D eigenvalue weighted by Crippen LogP contribution is 2.24. The largest absolute Gasteiger partial charge is 0.328 e. The van der Waals surface area contributed by atoms with Crippen molar-refractivity contribution in [1.82, 2.24) is 9.55 Å². The van der Waals surface area contributed by atoms with Crippen molar-refractivity contribution in [3.8, 4) is 0 Å². The molecule has 0 radical (unpaired) electrons. The molecule has 1 aromatic carbocycles. The molecule has 0 saturated heterocycles. The summed E-state index contributed by atoms with van der Waals surface area (Å²) in [5.41, 5.74) is 8.56. The number of thioether (sulfide) groups is 1. The van der Waals surface area contributed by atoms with Crippen LogP contribution in [0.4, 0.5) is 0 Å². The van der Waals surface area contributed by atoms with Crippen molar-refractivity contribution in [2.24, 2.45) is 5.73 Å². The van der Waals surface area contributed by atoms with Crippen LogP contribution in [0, 0.1) is 0 Å². The minimum atomic E-state index is 0.154. The van der Waals surface area contributed by atoms with E-state index in [1.807, 2.05) is 17.8 Å². The molecule has 110 valence electrons. The molecular weight excluding hydrogens is 266 g/mol. The Bertz CT molecular complexity index is 569. The molecule has 0 amide bonds. The van der Waals surface area contributed by atoms with Crippen LogP contribution in [0.5, 0.6) is 0 Å². The highest BCUT2D eigenvalue weighted by atomic mass is 32.2. The van der Waals surface area contributed by atoms with E-state index in [0.717, 1.165) is 30.1 Å². The molecule has 2 rings (SSSR count). The molecule has 3 nitrogen and oxygen atoms in total. The summed E-state index contributed by atoms with van der Waals surface area (Å²) in [6.07, 6.45) is 0.839. The average molecular weight is 291 g/mol. The lowest BCUT2D eigenvalue weighted by atomic mass is 10.2. The molecule has 1 heterocycles. The summed E-state index contributed by atoms with van der Waals surface area (Å²) in [5.74, 6) is 2.08. The molecule has 1 unspecified atom stereocenters. The molecule has 20 heavy (non-hydrogen) atoms. The Labute approximate surface area is 125 Å². The van der Waals surface area contributed by atoms with Gasteiger partial charge in [-0.3, -0.25) is 0 Å². The van der Waals surface area contributed by atoms with E-state index in [9.17, 15) is 0 Å². The van der Waals surface area contributed by atoms with Gasteiger partial charge in [-0.25, -0.2) is 4.98 Å². The Morgan fingerprint density at radius 3 is 2.65 bits per heavy atom. The highest BCUT2D eigenvalue weighted by Gasteiger charge is 2.16. The monoisotopic (exact) mass is 291 g/mol. The van der Waals surface area contributed by atoms with Crippen molar-refractivity contribution in [2.75, 3.05) is 5.75 Å². The number of rotatable bonds is 5. The first kappa shape index (κ1) is 15.4. The maximum absolute atomic E-state index is 6.28. The Morgan fingerprint density at radius 2 is 2.00 bits per heavy atom. The van der Waals surface area contributed by atoms with Crippen LogP contribution in [0.25, 0.3) is 11.0 Å². The number of hydrogen-bond acceptors (Lipinski definition) is 3. The average Bonchev–Trinajstić information content (AvgIpc) is 2.72. The van der Waals surface area contributed by atoms with E-state index in [-0.39, 0.29) is 10.8 Å². The SMILES string of the molecule is CCn1c(CC(N)CSC(C)(C)C)nc2ccccc21. The van der Waals surface area contributed by atoms with Crippen molar-refractivity contribution in [3.63, 3.8) is 0 Å². The number of imidazole rings is 1. The van der Waals surface area contributed by atoms with Crippen LogP contribution >= 0.6 is 11.8 Å². The van der Waals surface area contributed by atoms with Gasteiger partial charge in [-0.2, -0.15) is 11.8 Å². The smallest absolute Gasteiger partial charge is 0.111 e. The number of aromatic nitrogens is 2. The minimum absolute atomic E-state index is 0.154. The Hall–Kier alpha value is -1.00. The first-order valence-electron chi connectivity index (χ1n) is 7.24. The molecule has 4 heteroatoms. The van der Waals surface area contributed by atoms with E-state index < -0.39 is 0 Å². The number of hydrogen-bond donors (Lipinski definition) is 1. The van der Waals surface area contributed by atoms with Gasteiger partial charge in [-0.1, -0.05) is 32.9 Å². The second-order valence-electron chi connectivity index (χ2n) is 6.15. The topological polar surface area (TPSA) is 43.8 Å². The van der Waals surface area contributed by atoms with Gasteiger partial charge in [0.15, 0.2) is 0 Å². The second kappa shape index (κ2) is 6.19. The van der Waals surface area contributed by atoms with E-state index in [1.54, 1.807) is 0 Å². The van der Waals surface area contributed by atoms with Gasteiger partial charge in [0.2, 0.25) is 0 Å². The quantitative estimate of drug-likeness (QED) is 0.917. The van der Waals surface area contributed by atoms with Gasteiger partial charge in [-0.05, 0) is 19.1 Å². The van der Waals surface area contributed by atoms with Gasteiger partial charge < -0.3 is 10.3 Å². The normalized spacial score (nSPS) is 13.8. The van der Waals surface area contributed by atoms with E-state index in [0.29, 0.717) is 0 Å². The van der Waals surface area contributed by atoms with Gasteiger partial charge >= 0.3 is 0 Å². The van der Waals surface area contributed by atoms with Crippen molar-refractivity contribution in [2.45, 2.75) is 51.4 Å². The van der Waals surface area contributed by atoms with Crippen LogP contribution in [0.2, 0.25) is 0 Å². The summed E-state index contributed by atoms with van der Waals surface area (Å²) in [4.78, 5) is 4.74. The van der Waals surface area contributed by atoms with Crippen LogP contribution < -0.4 is 5.73 Å². The summed E-state index contributed by atoms with van der Waals surface area (Å²) >= 11 is 1.92. The molecule has 0 spiro atoms. The van der Waals surface area contributed by atoms with Crippen LogP contribution in [0.1, 0.15) is 33.5 Å². The molecule has 2 aromatic rings. The van der Waals surface area contributed by atoms with Crippen molar-refractivity contribution in [1.29, 1.82) is 0 Å². The lowest BCUT2D eigenvalue weighted by Crippen LogP contribution is -2.29. The zero-order valence-corrected chi connectivity index (χ0v) is 13.7. The van der Waals surface area contributed by atoms with Crippen LogP contribution in [-0.2, 0) is 13.0 Å². The standard InChI is InChI=1S/C16H25N3S/c1-5-19-14-9-7-6-8-13(14)18-15(19)10-12(17)11-20-16(2,3)4/h6-9,12H,5,10-11,17H2,1-4H3.